The minimum atomic E-state index is -0.618. The number of rotatable bonds is 3. The molecule has 1 aliphatic carbocycles. The number of urea groups is 1. The fourth-order valence-corrected chi connectivity index (χ4v) is 2.51. The Labute approximate surface area is 99.3 Å². The molecule has 0 radical (unpaired) electrons. The van der Waals surface area contributed by atoms with E-state index in [0.29, 0.717) is 18.0 Å². The number of hydrogen-bond acceptors (Lipinski definition) is 3. The first-order valence-corrected chi connectivity index (χ1v) is 5.88. The van der Waals surface area contributed by atoms with Crippen molar-refractivity contribution >= 4 is 29.1 Å². The third kappa shape index (κ3) is 1.77. The van der Waals surface area contributed by atoms with E-state index in [1.54, 1.807) is 0 Å². The molecule has 3 N–H and O–H groups in total. The van der Waals surface area contributed by atoms with E-state index < -0.39 is 5.54 Å². The molecule has 0 unspecified atom stereocenters. The quantitative estimate of drug-likeness (QED) is 0.558. The first-order chi connectivity index (χ1) is 7.55. The molecule has 2 rings (SSSR count). The van der Waals surface area contributed by atoms with Gasteiger partial charge in [-0.25, -0.2) is 4.79 Å². The largest absolute Gasteiger partial charge is 0.393 e. The average molecular weight is 241 g/mol. The minimum absolute atomic E-state index is 0.105. The van der Waals surface area contributed by atoms with Crippen molar-refractivity contribution in [3.05, 3.63) is 0 Å². The predicted octanol–water partition coefficient (Wildman–Crippen LogP) is 0.527. The molecule has 0 aromatic rings. The fourth-order valence-electron chi connectivity index (χ4n) is 2.42. The highest BCUT2D eigenvalue weighted by Gasteiger charge is 2.51. The molecule has 2 fully saturated rings. The number of hydrogen-bond donors (Lipinski definition) is 2. The summed E-state index contributed by atoms with van der Waals surface area (Å²) in [6.07, 6.45) is 3.89. The van der Waals surface area contributed by atoms with Gasteiger partial charge in [0.25, 0.3) is 5.91 Å². The van der Waals surface area contributed by atoms with Crippen LogP contribution in [0.25, 0.3) is 0 Å². The Morgan fingerprint density at radius 3 is 2.62 bits per heavy atom. The van der Waals surface area contributed by atoms with Crippen molar-refractivity contribution in [2.75, 3.05) is 6.54 Å². The highest BCUT2D eigenvalue weighted by molar-refractivity contribution is 7.80. The van der Waals surface area contributed by atoms with Gasteiger partial charge in [-0.3, -0.25) is 9.69 Å². The number of nitrogens with zero attached hydrogens (tertiary/aromatic N) is 1. The maximum atomic E-state index is 12.1. The summed E-state index contributed by atoms with van der Waals surface area (Å²) in [5, 5.41) is 2.81. The number of amides is 3. The summed E-state index contributed by atoms with van der Waals surface area (Å²) in [6.45, 7) is 0.293. The van der Waals surface area contributed by atoms with Crippen LogP contribution in [0.4, 0.5) is 4.79 Å². The van der Waals surface area contributed by atoms with E-state index in [2.05, 4.69) is 5.32 Å². The monoisotopic (exact) mass is 241 g/mol. The fraction of sp³-hybridized carbons (Fsp3) is 0.700. The summed E-state index contributed by atoms with van der Waals surface area (Å²) >= 11 is 4.74. The molecule has 1 saturated heterocycles. The molecule has 6 heteroatoms. The van der Waals surface area contributed by atoms with Crippen LogP contribution in [0.15, 0.2) is 0 Å². The van der Waals surface area contributed by atoms with Crippen LogP contribution in [0.3, 0.4) is 0 Å². The van der Waals surface area contributed by atoms with E-state index in [0.717, 1.165) is 25.7 Å². The second-order valence-electron chi connectivity index (χ2n) is 4.39. The summed E-state index contributed by atoms with van der Waals surface area (Å²) in [4.78, 5) is 25.3. The second kappa shape index (κ2) is 4.01. The van der Waals surface area contributed by atoms with Gasteiger partial charge in [0.05, 0.1) is 4.99 Å². The lowest BCUT2D eigenvalue weighted by molar-refractivity contribution is -0.131. The van der Waals surface area contributed by atoms with Gasteiger partial charge in [0.1, 0.15) is 5.54 Å². The Morgan fingerprint density at radius 2 is 2.06 bits per heavy atom. The second-order valence-corrected chi connectivity index (χ2v) is 4.92. The van der Waals surface area contributed by atoms with Gasteiger partial charge in [0, 0.05) is 13.0 Å². The lowest BCUT2D eigenvalue weighted by Gasteiger charge is -2.19. The van der Waals surface area contributed by atoms with Crippen molar-refractivity contribution in [3.63, 3.8) is 0 Å². The number of thiocarbonyl (C=S) groups is 1. The summed E-state index contributed by atoms with van der Waals surface area (Å²) in [5.74, 6) is -0.105. The zero-order valence-corrected chi connectivity index (χ0v) is 9.81. The molecule has 0 bridgehead atoms. The zero-order valence-electron chi connectivity index (χ0n) is 8.99. The smallest absolute Gasteiger partial charge is 0.325 e. The first kappa shape index (κ1) is 11.3. The standard InChI is InChI=1S/C10H15N3O2S/c11-7(16)3-6-13-8(14)10(12-9(13)15)4-1-2-5-10/h1-6H2,(H2,11,16)(H,12,15). The third-order valence-corrected chi connectivity index (χ3v) is 3.49. The number of carbonyl (C=O) groups is 2. The molecule has 1 heterocycles. The maximum Gasteiger partial charge on any atom is 0.325 e. The Kier molecular flexibility index (Phi) is 2.84. The van der Waals surface area contributed by atoms with E-state index in [-0.39, 0.29) is 11.9 Å². The van der Waals surface area contributed by atoms with Crippen LogP contribution in [0.2, 0.25) is 0 Å². The Bertz CT molecular complexity index is 350. The van der Waals surface area contributed by atoms with Crippen LogP contribution in [0.5, 0.6) is 0 Å². The van der Waals surface area contributed by atoms with Gasteiger partial charge in [-0.05, 0) is 12.8 Å². The van der Waals surface area contributed by atoms with E-state index in [9.17, 15) is 9.59 Å². The molecule has 1 saturated carbocycles. The Hall–Kier alpha value is -1.17. The van der Waals surface area contributed by atoms with Gasteiger partial charge < -0.3 is 11.1 Å². The summed E-state index contributed by atoms with van der Waals surface area (Å²) in [5.41, 5.74) is 4.75. The number of nitrogens with one attached hydrogen (secondary N) is 1. The normalized spacial score (nSPS) is 22.9. The van der Waals surface area contributed by atoms with Crippen LogP contribution in [-0.2, 0) is 4.79 Å². The molecule has 0 aromatic heterocycles. The van der Waals surface area contributed by atoms with Gasteiger partial charge in [-0.15, -0.1) is 0 Å². The molecule has 16 heavy (non-hydrogen) atoms. The lowest BCUT2D eigenvalue weighted by Crippen LogP contribution is -2.44. The Morgan fingerprint density at radius 1 is 1.44 bits per heavy atom. The maximum absolute atomic E-state index is 12.1. The van der Waals surface area contributed by atoms with Gasteiger partial charge in [-0.2, -0.15) is 0 Å². The van der Waals surface area contributed by atoms with Gasteiger partial charge >= 0.3 is 6.03 Å². The molecular formula is C10H15N3O2S. The predicted molar refractivity (Wildman–Crippen MR) is 62.8 cm³/mol. The molecule has 0 aromatic carbocycles. The third-order valence-electron chi connectivity index (χ3n) is 3.28. The molecule has 5 nitrogen and oxygen atoms in total. The molecule has 2 aliphatic rings. The Balaban J connectivity index is 2.07. The van der Waals surface area contributed by atoms with Crippen molar-refractivity contribution in [2.24, 2.45) is 5.73 Å². The first-order valence-electron chi connectivity index (χ1n) is 5.48. The molecule has 0 atom stereocenters. The average Bonchev–Trinajstić information content (AvgIpc) is 2.74. The SMILES string of the molecule is NC(=S)CCN1C(=O)NC2(CCCC2)C1=O. The van der Waals surface area contributed by atoms with Crippen LogP contribution in [0.1, 0.15) is 32.1 Å². The van der Waals surface area contributed by atoms with Crippen molar-refractivity contribution in [1.82, 2.24) is 10.2 Å². The van der Waals surface area contributed by atoms with Crippen LogP contribution >= 0.6 is 12.2 Å². The van der Waals surface area contributed by atoms with Crippen molar-refractivity contribution in [3.8, 4) is 0 Å². The van der Waals surface area contributed by atoms with Crippen molar-refractivity contribution in [2.45, 2.75) is 37.6 Å². The van der Waals surface area contributed by atoms with Crippen LogP contribution in [0, 0.1) is 0 Å². The topological polar surface area (TPSA) is 75.4 Å². The van der Waals surface area contributed by atoms with E-state index in [4.69, 9.17) is 18.0 Å². The minimum Gasteiger partial charge on any atom is -0.393 e. The summed E-state index contributed by atoms with van der Waals surface area (Å²) in [6, 6.07) is -0.303. The highest BCUT2D eigenvalue weighted by atomic mass is 32.1. The number of nitrogens with two attached hydrogens (primary N) is 1. The zero-order chi connectivity index (χ0) is 11.8. The van der Waals surface area contributed by atoms with Crippen LogP contribution < -0.4 is 11.1 Å². The number of carbonyl (C=O) groups excluding carboxylic acids is 2. The van der Waals surface area contributed by atoms with E-state index >= 15 is 0 Å². The van der Waals surface area contributed by atoms with Gasteiger partial charge in [0.2, 0.25) is 0 Å². The molecule has 3 amide bonds. The molecule has 1 aliphatic heterocycles. The van der Waals surface area contributed by atoms with Crippen molar-refractivity contribution < 1.29 is 9.59 Å². The van der Waals surface area contributed by atoms with Crippen molar-refractivity contribution in [1.29, 1.82) is 0 Å². The molecule has 1 spiro atoms. The summed E-state index contributed by atoms with van der Waals surface area (Å²) in [7, 11) is 0. The van der Waals surface area contributed by atoms with E-state index in [1.807, 2.05) is 0 Å². The molecular weight excluding hydrogens is 226 g/mol. The van der Waals surface area contributed by atoms with Crippen LogP contribution in [-0.4, -0.2) is 33.9 Å². The molecule has 88 valence electrons. The van der Waals surface area contributed by atoms with Gasteiger partial charge in [0.15, 0.2) is 0 Å². The van der Waals surface area contributed by atoms with Gasteiger partial charge in [-0.1, -0.05) is 25.1 Å². The van der Waals surface area contributed by atoms with E-state index in [1.165, 1.54) is 4.90 Å². The summed E-state index contributed by atoms with van der Waals surface area (Å²) < 4.78 is 0. The lowest BCUT2D eigenvalue weighted by atomic mass is 9.98. The highest BCUT2D eigenvalue weighted by Crippen LogP contribution is 2.34. The number of imide groups is 1.